The molecule has 1 N–H and O–H groups in total. The van der Waals surface area contributed by atoms with Gasteiger partial charge in [0.2, 0.25) is 17.7 Å². The van der Waals surface area contributed by atoms with E-state index < -0.39 is 17.7 Å². The molecule has 0 radical (unpaired) electrons. The molecule has 7 rings (SSSR count). The van der Waals surface area contributed by atoms with Crippen molar-refractivity contribution in [2.24, 2.45) is 5.92 Å². The maximum Gasteiger partial charge on any atom is 0.411 e. The van der Waals surface area contributed by atoms with Gasteiger partial charge in [-0.05, 0) is 102 Å². The third-order valence-electron chi connectivity index (χ3n) is 10.8. The SMILES string of the molecule is CC(C)(C)OC(=O)N1[C@H](C(=O)NCCCC(=O)N2CCC(OCCOc3ccc(COc4ccc5oc(-c6cccnc6)nc5c4)nc3)CC2)C[C@@H]2CCCC[C@@H]21. The van der Waals surface area contributed by atoms with E-state index in [0.29, 0.717) is 86.5 Å². The molecule has 0 spiro atoms. The third-order valence-corrected chi connectivity index (χ3v) is 10.8. The zero-order valence-electron chi connectivity index (χ0n) is 33.2. The molecule has 0 unspecified atom stereocenters. The molecule has 1 aromatic carbocycles. The summed E-state index contributed by atoms with van der Waals surface area (Å²) in [6, 6.07) is 12.5. The van der Waals surface area contributed by atoms with Crippen molar-refractivity contribution in [2.75, 3.05) is 32.8 Å². The number of ether oxygens (including phenoxy) is 4. The molecule has 1 aliphatic carbocycles. The second kappa shape index (κ2) is 18.4. The fraction of sp³-hybridized carbons (Fsp3) is 0.535. The van der Waals surface area contributed by atoms with E-state index in [-0.39, 0.29) is 30.6 Å². The fourth-order valence-corrected chi connectivity index (χ4v) is 7.99. The van der Waals surface area contributed by atoms with E-state index in [1.165, 1.54) is 0 Å². The standard InChI is InChI=1S/C43H54N6O8/c1-43(2,3)57-42(52)49-36-10-5-4-8-29(36)24-37(49)40(51)45-19-7-11-39(50)48-20-16-32(17-21-48)53-22-23-54-34-13-12-31(46-27-34)28-55-33-14-15-38-35(25-33)47-41(56-38)30-9-6-18-44-26-30/h6,9,12-15,18,25-27,29,32,36-37H,4-5,7-8,10-11,16-17,19-24,28H2,1-3H3,(H,45,51)/t29-,36-,37-/m0/s1. The first-order valence-electron chi connectivity index (χ1n) is 20.3. The van der Waals surface area contributed by atoms with E-state index in [2.05, 4.69) is 20.3 Å². The number of hydrogen-bond acceptors (Lipinski definition) is 11. The van der Waals surface area contributed by atoms with Crippen molar-refractivity contribution < 1.29 is 37.7 Å². The number of nitrogens with zero attached hydrogens (tertiary/aromatic N) is 5. The molecule has 4 aromatic rings. The van der Waals surface area contributed by atoms with Crippen LogP contribution in [0.15, 0.2) is 65.5 Å². The van der Waals surface area contributed by atoms with Crippen LogP contribution in [0.1, 0.15) is 84.3 Å². The van der Waals surface area contributed by atoms with Crippen LogP contribution < -0.4 is 14.8 Å². The highest BCUT2D eigenvalue weighted by Gasteiger charge is 2.48. The van der Waals surface area contributed by atoms with Crippen molar-refractivity contribution in [1.82, 2.24) is 30.1 Å². The molecule has 2 aliphatic heterocycles. The number of aromatic nitrogens is 3. The number of carbonyl (C=O) groups is 3. The molecule has 0 bridgehead atoms. The van der Waals surface area contributed by atoms with Crippen LogP contribution in [0.3, 0.4) is 0 Å². The quantitative estimate of drug-likeness (QED) is 0.136. The largest absolute Gasteiger partial charge is 0.490 e. The van der Waals surface area contributed by atoms with E-state index in [1.807, 2.05) is 68.1 Å². The molecule has 14 heteroatoms. The van der Waals surface area contributed by atoms with Crippen LogP contribution in [-0.4, -0.2) is 99.3 Å². The first kappa shape index (κ1) is 40.0. The summed E-state index contributed by atoms with van der Waals surface area (Å²) in [4.78, 5) is 56.1. The van der Waals surface area contributed by atoms with Crippen LogP contribution in [0.5, 0.6) is 11.5 Å². The van der Waals surface area contributed by atoms with E-state index >= 15 is 0 Å². The number of amides is 3. The molecule has 14 nitrogen and oxygen atoms in total. The van der Waals surface area contributed by atoms with Gasteiger partial charge in [0, 0.05) is 50.6 Å². The normalized spacial score (nSPS) is 19.9. The van der Waals surface area contributed by atoms with Crippen molar-refractivity contribution in [3.63, 3.8) is 0 Å². The fourth-order valence-electron chi connectivity index (χ4n) is 7.99. The summed E-state index contributed by atoms with van der Waals surface area (Å²) in [6.45, 7) is 8.31. The minimum absolute atomic E-state index is 0.0521. The van der Waals surface area contributed by atoms with Gasteiger partial charge in [-0.3, -0.25) is 24.5 Å². The maximum atomic E-state index is 13.3. The summed E-state index contributed by atoms with van der Waals surface area (Å²) in [5.74, 6) is 2.08. The van der Waals surface area contributed by atoms with Crippen LogP contribution in [0, 0.1) is 5.92 Å². The number of nitrogens with one attached hydrogen (secondary N) is 1. The van der Waals surface area contributed by atoms with Crippen LogP contribution in [0.4, 0.5) is 4.79 Å². The Morgan fingerprint density at radius 1 is 0.947 bits per heavy atom. The van der Waals surface area contributed by atoms with E-state index in [1.54, 1.807) is 23.5 Å². The lowest BCUT2D eigenvalue weighted by Crippen LogP contribution is -2.51. The van der Waals surface area contributed by atoms with Crippen LogP contribution in [0.25, 0.3) is 22.6 Å². The summed E-state index contributed by atoms with van der Waals surface area (Å²) in [5.41, 5.74) is 2.31. The number of carbonyl (C=O) groups excluding carboxylic acids is 3. The zero-order valence-corrected chi connectivity index (χ0v) is 33.2. The summed E-state index contributed by atoms with van der Waals surface area (Å²) < 4.78 is 29.4. The highest BCUT2D eigenvalue weighted by atomic mass is 16.6. The third kappa shape index (κ3) is 10.6. The molecule has 3 aromatic heterocycles. The summed E-state index contributed by atoms with van der Waals surface area (Å²) in [6.07, 6.45) is 12.0. The molecule has 5 heterocycles. The van der Waals surface area contributed by atoms with Gasteiger partial charge >= 0.3 is 6.09 Å². The molecule has 3 amide bonds. The molecule has 57 heavy (non-hydrogen) atoms. The van der Waals surface area contributed by atoms with Gasteiger partial charge in [-0.2, -0.15) is 0 Å². The van der Waals surface area contributed by atoms with E-state index in [0.717, 1.165) is 49.8 Å². The molecular weight excluding hydrogens is 729 g/mol. The topological polar surface area (TPSA) is 158 Å². The molecule has 3 fully saturated rings. The molecule has 3 aliphatic rings. The minimum Gasteiger partial charge on any atom is -0.490 e. The molecule has 2 saturated heterocycles. The average Bonchev–Trinajstić information content (AvgIpc) is 3.83. The van der Waals surface area contributed by atoms with Gasteiger partial charge in [-0.25, -0.2) is 9.78 Å². The number of oxazole rings is 1. The van der Waals surface area contributed by atoms with Crippen molar-refractivity contribution in [3.8, 4) is 23.0 Å². The molecule has 3 atom stereocenters. The summed E-state index contributed by atoms with van der Waals surface area (Å²) >= 11 is 0. The van der Waals surface area contributed by atoms with Crippen LogP contribution >= 0.6 is 0 Å². The average molecular weight is 783 g/mol. The molecule has 304 valence electrons. The first-order chi connectivity index (χ1) is 27.6. The predicted molar refractivity (Wildman–Crippen MR) is 211 cm³/mol. The second-order valence-corrected chi connectivity index (χ2v) is 16.1. The number of hydrogen-bond donors (Lipinski definition) is 1. The van der Waals surface area contributed by atoms with Gasteiger partial charge in [0.05, 0.1) is 30.2 Å². The lowest BCUT2D eigenvalue weighted by molar-refractivity contribution is -0.134. The van der Waals surface area contributed by atoms with Gasteiger partial charge < -0.3 is 33.6 Å². The van der Waals surface area contributed by atoms with Gasteiger partial charge in [0.15, 0.2) is 5.58 Å². The highest BCUT2D eigenvalue weighted by Crippen LogP contribution is 2.40. The minimum atomic E-state index is -0.629. The Hall–Kier alpha value is -5.24. The Kier molecular flexibility index (Phi) is 12.9. The first-order valence-corrected chi connectivity index (χ1v) is 20.3. The zero-order chi connectivity index (χ0) is 39.8. The van der Waals surface area contributed by atoms with Crippen LogP contribution in [-0.2, 0) is 25.7 Å². The van der Waals surface area contributed by atoms with Gasteiger partial charge in [-0.15, -0.1) is 0 Å². The second-order valence-electron chi connectivity index (χ2n) is 16.1. The monoisotopic (exact) mass is 782 g/mol. The number of pyridine rings is 2. The Morgan fingerprint density at radius 3 is 2.54 bits per heavy atom. The maximum absolute atomic E-state index is 13.3. The van der Waals surface area contributed by atoms with Gasteiger partial charge in [0.25, 0.3) is 0 Å². The van der Waals surface area contributed by atoms with Crippen molar-refractivity contribution >= 4 is 29.0 Å². The van der Waals surface area contributed by atoms with Gasteiger partial charge in [0.1, 0.15) is 41.9 Å². The van der Waals surface area contributed by atoms with Crippen molar-refractivity contribution in [3.05, 3.63) is 66.7 Å². The predicted octanol–water partition coefficient (Wildman–Crippen LogP) is 6.71. The summed E-state index contributed by atoms with van der Waals surface area (Å²) in [7, 11) is 0. The number of rotatable bonds is 14. The highest BCUT2D eigenvalue weighted by molar-refractivity contribution is 5.86. The van der Waals surface area contributed by atoms with E-state index in [9.17, 15) is 14.4 Å². The Labute approximate surface area is 333 Å². The summed E-state index contributed by atoms with van der Waals surface area (Å²) in [5, 5.41) is 3.01. The Bertz CT molecular complexity index is 1960. The smallest absolute Gasteiger partial charge is 0.411 e. The van der Waals surface area contributed by atoms with Gasteiger partial charge in [-0.1, -0.05) is 12.8 Å². The number of benzene rings is 1. The van der Waals surface area contributed by atoms with Crippen molar-refractivity contribution in [1.29, 1.82) is 0 Å². The Morgan fingerprint density at radius 2 is 1.77 bits per heavy atom. The lowest BCUT2D eigenvalue weighted by Gasteiger charge is -2.34. The molecule has 1 saturated carbocycles. The Balaban J connectivity index is 0.756. The number of fused-ring (bicyclic) bond motifs is 2. The van der Waals surface area contributed by atoms with Crippen molar-refractivity contribution in [2.45, 2.75) is 109 Å². The lowest BCUT2D eigenvalue weighted by atomic mass is 9.85. The number of piperidine rings is 1. The number of likely N-dealkylation sites (tertiary alicyclic amines) is 2. The van der Waals surface area contributed by atoms with E-state index in [4.69, 9.17) is 23.4 Å². The molecular formula is C43H54N6O8. The van der Waals surface area contributed by atoms with Crippen LogP contribution in [0.2, 0.25) is 0 Å².